The fourth-order valence-electron chi connectivity index (χ4n) is 5.55. The van der Waals surface area contributed by atoms with Crippen molar-refractivity contribution in [1.82, 2.24) is 30.1 Å². The molecule has 1 fully saturated rings. The Bertz CT molecular complexity index is 1670. The Hall–Kier alpha value is -4.50. The number of aromatic amines is 1. The number of ether oxygens (including phenoxy) is 1. The Morgan fingerprint density at radius 1 is 0.950 bits per heavy atom. The van der Waals surface area contributed by atoms with E-state index in [9.17, 15) is 4.79 Å². The molecular formula is C31H33N7O2. The highest BCUT2D eigenvalue weighted by Crippen LogP contribution is 2.30. The molecule has 6 rings (SSSR count). The Labute approximate surface area is 233 Å². The van der Waals surface area contributed by atoms with Gasteiger partial charge in [0.2, 0.25) is 0 Å². The predicted octanol–water partition coefficient (Wildman–Crippen LogP) is 4.10. The van der Waals surface area contributed by atoms with Crippen LogP contribution in [0.4, 0.5) is 5.69 Å². The number of pyridine rings is 1. The number of aryl methyl sites for hydroxylation is 2. The Balaban J connectivity index is 1.37. The summed E-state index contributed by atoms with van der Waals surface area (Å²) in [5.41, 5.74) is 5.89. The van der Waals surface area contributed by atoms with Gasteiger partial charge in [0.25, 0.3) is 5.56 Å². The molecule has 0 radical (unpaired) electrons. The lowest BCUT2D eigenvalue weighted by Gasteiger charge is -2.39. The molecule has 0 spiro atoms. The van der Waals surface area contributed by atoms with E-state index in [0.717, 1.165) is 65.2 Å². The van der Waals surface area contributed by atoms with E-state index in [1.807, 2.05) is 48.0 Å². The molecule has 0 bridgehead atoms. The second-order valence-electron chi connectivity index (χ2n) is 10.3. The third-order valence-electron chi connectivity index (χ3n) is 7.97. The topological polar surface area (TPSA) is 92.2 Å². The summed E-state index contributed by atoms with van der Waals surface area (Å²) in [6.07, 6.45) is 0. The second-order valence-corrected chi connectivity index (χ2v) is 10.3. The van der Waals surface area contributed by atoms with Crippen LogP contribution in [0.1, 0.15) is 34.1 Å². The summed E-state index contributed by atoms with van der Waals surface area (Å²) >= 11 is 0. The van der Waals surface area contributed by atoms with Gasteiger partial charge in [0.05, 0.1) is 19.2 Å². The number of methoxy groups -OCH3 is 1. The van der Waals surface area contributed by atoms with Crippen LogP contribution in [0.15, 0.2) is 77.6 Å². The number of H-pyrrole nitrogens is 1. The van der Waals surface area contributed by atoms with Gasteiger partial charge in [0, 0.05) is 37.4 Å². The van der Waals surface area contributed by atoms with Gasteiger partial charge in [-0.2, -0.15) is 0 Å². The lowest BCUT2D eigenvalue weighted by atomic mass is 9.99. The average Bonchev–Trinajstić information content (AvgIpc) is 3.44. The van der Waals surface area contributed by atoms with Crippen molar-refractivity contribution >= 4 is 16.6 Å². The van der Waals surface area contributed by atoms with Crippen molar-refractivity contribution in [2.45, 2.75) is 26.4 Å². The molecule has 1 atom stereocenters. The minimum atomic E-state index is -0.397. The van der Waals surface area contributed by atoms with Gasteiger partial charge in [-0.25, -0.2) is 4.68 Å². The first-order valence-corrected chi connectivity index (χ1v) is 13.6. The second kappa shape index (κ2) is 10.9. The number of aromatic nitrogens is 5. The van der Waals surface area contributed by atoms with Crippen LogP contribution in [0.3, 0.4) is 0 Å². The number of anilines is 1. The van der Waals surface area contributed by atoms with Crippen LogP contribution in [0.25, 0.3) is 10.9 Å². The van der Waals surface area contributed by atoms with Gasteiger partial charge in [-0.3, -0.25) is 9.69 Å². The molecule has 0 unspecified atom stereocenters. The van der Waals surface area contributed by atoms with Crippen molar-refractivity contribution in [2.75, 3.05) is 38.2 Å². The summed E-state index contributed by atoms with van der Waals surface area (Å²) in [4.78, 5) is 21.6. The third kappa shape index (κ3) is 4.96. The zero-order valence-corrected chi connectivity index (χ0v) is 23.0. The van der Waals surface area contributed by atoms with E-state index in [0.29, 0.717) is 17.9 Å². The van der Waals surface area contributed by atoms with Gasteiger partial charge in [-0.05, 0) is 76.7 Å². The van der Waals surface area contributed by atoms with E-state index >= 15 is 0 Å². The fraction of sp³-hybridized carbons (Fsp3) is 0.290. The smallest absolute Gasteiger partial charge is 0.253 e. The number of nitrogens with zero attached hydrogens (tertiary/aromatic N) is 6. The van der Waals surface area contributed by atoms with Crippen molar-refractivity contribution in [2.24, 2.45) is 0 Å². The molecule has 0 aliphatic carbocycles. The summed E-state index contributed by atoms with van der Waals surface area (Å²) in [6.45, 7) is 7.75. The van der Waals surface area contributed by atoms with Crippen molar-refractivity contribution < 1.29 is 4.74 Å². The summed E-state index contributed by atoms with van der Waals surface area (Å²) < 4.78 is 7.14. The van der Waals surface area contributed by atoms with E-state index in [2.05, 4.69) is 73.6 Å². The SMILES string of the molecule is COc1ccc(N2CCN([C@@H](c3cc4ccc(C)c(C)c4[nH]c3=O)c3nnnn3Cc3ccccc3)CC2)cc1. The van der Waals surface area contributed by atoms with E-state index in [1.54, 1.807) is 7.11 Å². The summed E-state index contributed by atoms with van der Waals surface area (Å²) in [7, 11) is 1.68. The molecular weight excluding hydrogens is 502 g/mol. The molecule has 9 heteroatoms. The van der Waals surface area contributed by atoms with Crippen molar-refractivity contribution in [3.05, 3.63) is 111 Å². The number of benzene rings is 3. The fourth-order valence-corrected chi connectivity index (χ4v) is 5.55. The minimum absolute atomic E-state index is 0.113. The van der Waals surface area contributed by atoms with Gasteiger partial charge in [0.15, 0.2) is 5.82 Å². The van der Waals surface area contributed by atoms with Crippen LogP contribution in [0, 0.1) is 13.8 Å². The molecule has 2 aromatic heterocycles. The van der Waals surface area contributed by atoms with E-state index < -0.39 is 6.04 Å². The summed E-state index contributed by atoms with van der Waals surface area (Å²) in [5, 5.41) is 13.9. The predicted molar refractivity (Wildman–Crippen MR) is 156 cm³/mol. The molecule has 0 saturated carbocycles. The maximum absolute atomic E-state index is 13.7. The number of nitrogens with one attached hydrogen (secondary N) is 1. The Morgan fingerprint density at radius 3 is 2.42 bits per heavy atom. The number of tetrazole rings is 1. The largest absolute Gasteiger partial charge is 0.497 e. The maximum atomic E-state index is 13.7. The lowest BCUT2D eigenvalue weighted by Crippen LogP contribution is -2.49. The van der Waals surface area contributed by atoms with Crippen LogP contribution >= 0.6 is 0 Å². The molecule has 1 aliphatic heterocycles. The number of piperazine rings is 1. The molecule has 204 valence electrons. The van der Waals surface area contributed by atoms with Crippen LogP contribution in [0.2, 0.25) is 0 Å². The van der Waals surface area contributed by atoms with E-state index in [1.165, 1.54) is 0 Å². The molecule has 40 heavy (non-hydrogen) atoms. The number of rotatable bonds is 7. The minimum Gasteiger partial charge on any atom is -0.497 e. The monoisotopic (exact) mass is 535 g/mol. The van der Waals surface area contributed by atoms with Crippen molar-refractivity contribution in [1.29, 1.82) is 0 Å². The molecule has 3 heterocycles. The highest BCUT2D eigenvalue weighted by molar-refractivity contribution is 5.83. The Kier molecular flexibility index (Phi) is 7.04. The first-order chi connectivity index (χ1) is 19.5. The molecule has 1 aliphatic rings. The first-order valence-electron chi connectivity index (χ1n) is 13.6. The molecule has 1 saturated heterocycles. The number of hydrogen-bond acceptors (Lipinski definition) is 7. The van der Waals surface area contributed by atoms with E-state index in [4.69, 9.17) is 4.74 Å². The number of fused-ring (bicyclic) bond motifs is 1. The van der Waals surface area contributed by atoms with Gasteiger partial charge in [-0.15, -0.1) is 5.10 Å². The van der Waals surface area contributed by atoms with Gasteiger partial charge in [-0.1, -0.05) is 42.5 Å². The van der Waals surface area contributed by atoms with Crippen LogP contribution in [-0.2, 0) is 6.54 Å². The molecule has 0 amide bonds. The molecule has 1 N–H and O–H groups in total. The standard InChI is InChI=1S/C31H33N7O2/c1-21-9-10-24-19-27(31(39)32-28(24)22(21)2)29(30-33-34-35-38(30)20-23-7-5-4-6-8-23)37-17-15-36(16-18-37)25-11-13-26(40-3)14-12-25/h4-14,19,29H,15-18,20H2,1-3H3,(H,32,39)/t29-/m0/s1. The quantitative estimate of drug-likeness (QED) is 0.336. The van der Waals surface area contributed by atoms with Crippen LogP contribution < -0.4 is 15.2 Å². The Morgan fingerprint density at radius 2 is 1.70 bits per heavy atom. The van der Waals surface area contributed by atoms with Gasteiger partial charge >= 0.3 is 0 Å². The first kappa shape index (κ1) is 25.8. The maximum Gasteiger partial charge on any atom is 0.253 e. The van der Waals surface area contributed by atoms with Crippen molar-refractivity contribution in [3.63, 3.8) is 0 Å². The zero-order chi connectivity index (χ0) is 27.6. The third-order valence-corrected chi connectivity index (χ3v) is 7.97. The van der Waals surface area contributed by atoms with Gasteiger partial charge in [0.1, 0.15) is 11.8 Å². The zero-order valence-electron chi connectivity index (χ0n) is 23.0. The average molecular weight is 536 g/mol. The normalized spacial score (nSPS) is 14.9. The molecule has 3 aromatic carbocycles. The highest BCUT2D eigenvalue weighted by atomic mass is 16.5. The van der Waals surface area contributed by atoms with Crippen LogP contribution in [-0.4, -0.2) is 63.4 Å². The van der Waals surface area contributed by atoms with Crippen LogP contribution in [0.5, 0.6) is 5.75 Å². The molecule has 9 nitrogen and oxygen atoms in total. The molecule has 5 aromatic rings. The summed E-state index contributed by atoms with van der Waals surface area (Å²) in [5.74, 6) is 1.50. The van der Waals surface area contributed by atoms with Crippen molar-refractivity contribution in [3.8, 4) is 5.75 Å². The highest BCUT2D eigenvalue weighted by Gasteiger charge is 2.33. The van der Waals surface area contributed by atoms with Gasteiger partial charge < -0.3 is 14.6 Å². The van der Waals surface area contributed by atoms with E-state index in [-0.39, 0.29) is 5.56 Å². The summed E-state index contributed by atoms with van der Waals surface area (Å²) in [6, 6.07) is 24.1. The number of hydrogen-bond donors (Lipinski definition) is 1. The lowest BCUT2D eigenvalue weighted by molar-refractivity contribution is 0.200.